The van der Waals surface area contributed by atoms with E-state index in [0.717, 1.165) is 18.9 Å². The molecule has 1 N–H and O–H groups in total. The van der Waals surface area contributed by atoms with Gasteiger partial charge in [0.15, 0.2) is 0 Å². The monoisotopic (exact) mass is 288 g/mol. The van der Waals surface area contributed by atoms with E-state index in [2.05, 4.69) is 20.2 Å². The average Bonchev–Trinajstić information content (AvgIpc) is 2.50. The first-order valence-electron chi connectivity index (χ1n) is 6.92. The molecule has 0 bridgehead atoms. The molecule has 0 aliphatic carbocycles. The maximum absolute atomic E-state index is 13.7. The van der Waals surface area contributed by atoms with Crippen molar-refractivity contribution in [2.24, 2.45) is 0 Å². The van der Waals surface area contributed by atoms with Crippen molar-refractivity contribution >= 4 is 17.3 Å². The van der Waals surface area contributed by atoms with Gasteiger partial charge < -0.3 is 15.0 Å². The molecule has 1 saturated heterocycles. The zero-order chi connectivity index (χ0) is 14.7. The largest absolute Gasteiger partial charge is 0.378 e. The van der Waals surface area contributed by atoms with Crippen molar-refractivity contribution in [3.8, 4) is 0 Å². The lowest BCUT2D eigenvalue weighted by atomic mass is 10.3. The summed E-state index contributed by atoms with van der Waals surface area (Å²) < 4.78 is 19.0. The molecule has 0 spiro atoms. The topological polar surface area (TPSA) is 50.3 Å². The van der Waals surface area contributed by atoms with E-state index in [1.807, 2.05) is 13.0 Å². The van der Waals surface area contributed by atoms with Crippen LogP contribution in [0.15, 0.2) is 30.3 Å². The minimum atomic E-state index is -0.304. The van der Waals surface area contributed by atoms with Crippen molar-refractivity contribution in [3.63, 3.8) is 0 Å². The minimum absolute atomic E-state index is 0.304. The summed E-state index contributed by atoms with van der Waals surface area (Å²) in [5, 5.41) is 3.01. The predicted molar refractivity (Wildman–Crippen MR) is 79.5 cm³/mol. The average molecular weight is 288 g/mol. The Morgan fingerprint density at radius 3 is 2.71 bits per heavy atom. The Labute approximate surface area is 122 Å². The van der Waals surface area contributed by atoms with Crippen molar-refractivity contribution in [1.82, 2.24) is 9.97 Å². The molecule has 0 radical (unpaired) electrons. The second kappa shape index (κ2) is 6.05. The molecule has 2 aromatic rings. The third-order valence-corrected chi connectivity index (χ3v) is 3.30. The van der Waals surface area contributed by atoms with Gasteiger partial charge in [0.25, 0.3) is 0 Å². The molecule has 0 amide bonds. The molecule has 1 aromatic heterocycles. The number of para-hydroxylation sites is 1. The Morgan fingerprint density at radius 1 is 1.19 bits per heavy atom. The number of anilines is 3. The van der Waals surface area contributed by atoms with E-state index in [1.54, 1.807) is 18.2 Å². The molecular weight excluding hydrogens is 271 g/mol. The molecule has 6 heteroatoms. The number of rotatable bonds is 3. The molecule has 1 fully saturated rings. The van der Waals surface area contributed by atoms with Crippen LogP contribution in [0.3, 0.4) is 0 Å². The molecule has 1 aliphatic heterocycles. The number of halogens is 1. The zero-order valence-electron chi connectivity index (χ0n) is 11.8. The summed E-state index contributed by atoms with van der Waals surface area (Å²) in [7, 11) is 0. The van der Waals surface area contributed by atoms with Crippen LogP contribution in [0.5, 0.6) is 0 Å². The maximum Gasteiger partial charge on any atom is 0.146 e. The van der Waals surface area contributed by atoms with Crippen molar-refractivity contribution in [2.45, 2.75) is 6.92 Å². The van der Waals surface area contributed by atoms with Crippen molar-refractivity contribution in [2.75, 3.05) is 36.5 Å². The number of aryl methyl sites for hydroxylation is 1. The van der Waals surface area contributed by atoms with Crippen LogP contribution in [-0.2, 0) is 4.74 Å². The molecule has 0 unspecified atom stereocenters. The summed E-state index contributed by atoms with van der Waals surface area (Å²) in [6.45, 7) is 4.82. The Morgan fingerprint density at radius 2 is 1.95 bits per heavy atom. The van der Waals surface area contributed by atoms with Crippen LogP contribution < -0.4 is 10.2 Å². The SMILES string of the molecule is Cc1nc(Nc2ccccc2F)cc(N2CCOCC2)n1. The molecule has 110 valence electrons. The van der Waals surface area contributed by atoms with Gasteiger partial charge in [-0.1, -0.05) is 12.1 Å². The van der Waals surface area contributed by atoms with Crippen LogP contribution in [0.4, 0.5) is 21.7 Å². The highest BCUT2D eigenvalue weighted by Crippen LogP contribution is 2.22. The van der Waals surface area contributed by atoms with E-state index in [4.69, 9.17) is 4.74 Å². The number of nitrogens with zero attached hydrogens (tertiary/aromatic N) is 3. The molecule has 3 rings (SSSR count). The molecular formula is C15H17FN4O. The third-order valence-electron chi connectivity index (χ3n) is 3.30. The van der Waals surface area contributed by atoms with Gasteiger partial charge in [0.2, 0.25) is 0 Å². The standard InChI is InChI=1S/C15H17FN4O/c1-11-17-14(19-13-5-3-2-4-12(13)16)10-15(18-11)20-6-8-21-9-7-20/h2-5,10H,6-9H2,1H3,(H,17,18,19). The van der Waals surface area contributed by atoms with Gasteiger partial charge in [-0.25, -0.2) is 14.4 Å². The van der Waals surface area contributed by atoms with Gasteiger partial charge in [-0.15, -0.1) is 0 Å². The van der Waals surface area contributed by atoms with Crippen molar-refractivity contribution in [1.29, 1.82) is 0 Å². The first kappa shape index (κ1) is 13.8. The molecule has 21 heavy (non-hydrogen) atoms. The normalized spacial score (nSPS) is 15.0. The number of nitrogens with one attached hydrogen (secondary N) is 1. The fourth-order valence-corrected chi connectivity index (χ4v) is 2.27. The Bertz CT molecular complexity index is 629. The van der Waals surface area contributed by atoms with Crippen LogP contribution in [0.1, 0.15) is 5.82 Å². The van der Waals surface area contributed by atoms with E-state index in [-0.39, 0.29) is 5.82 Å². The molecule has 2 heterocycles. The highest BCUT2D eigenvalue weighted by Gasteiger charge is 2.14. The number of aromatic nitrogens is 2. The van der Waals surface area contributed by atoms with E-state index in [1.165, 1.54) is 6.07 Å². The van der Waals surface area contributed by atoms with Crippen LogP contribution >= 0.6 is 0 Å². The van der Waals surface area contributed by atoms with Gasteiger partial charge in [-0.05, 0) is 19.1 Å². The molecule has 1 aliphatic rings. The second-order valence-corrected chi connectivity index (χ2v) is 4.86. The summed E-state index contributed by atoms with van der Waals surface area (Å²) in [6.07, 6.45) is 0. The lowest BCUT2D eigenvalue weighted by Gasteiger charge is -2.28. The van der Waals surface area contributed by atoms with Crippen LogP contribution in [0.25, 0.3) is 0 Å². The number of hydrogen-bond donors (Lipinski definition) is 1. The van der Waals surface area contributed by atoms with Crippen molar-refractivity contribution in [3.05, 3.63) is 42.0 Å². The zero-order valence-corrected chi connectivity index (χ0v) is 11.8. The number of morpholine rings is 1. The quantitative estimate of drug-likeness (QED) is 0.940. The third kappa shape index (κ3) is 3.28. The number of ether oxygens (including phenoxy) is 1. The summed E-state index contributed by atoms with van der Waals surface area (Å²) in [4.78, 5) is 10.9. The van der Waals surface area contributed by atoms with Gasteiger partial charge in [-0.3, -0.25) is 0 Å². The van der Waals surface area contributed by atoms with E-state index in [9.17, 15) is 4.39 Å². The summed E-state index contributed by atoms with van der Waals surface area (Å²) >= 11 is 0. The smallest absolute Gasteiger partial charge is 0.146 e. The lowest BCUT2D eigenvalue weighted by Crippen LogP contribution is -2.36. The molecule has 5 nitrogen and oxygen atoms in total. The summed E-state index contributed by atoms with van der Waals surface area (Å²) in [5.74, 6) is 1.78. The van der Waals surface area contributed by atoms with Gasteiger partial charge in [0.05, 0.1) is 18.9 Å². The Hall–Kier alpha value is -2.21. The van der Waals surface area contributed by atoms with Crippen LogP contribution in [0.2, 0.25) is 0 Å². The van der Waals surface area contributed by atoms with Crippen LogP contribution in [0, 0.1) is 12.7 Å². The second-order valence-electron chi connectivity index (χ2n) is 4.86. The highest BCUT2D eigenvalue weighted by atomic mass is 19.1. The van der Waals surface area contributed by atoms with E-state index >= 15 is 0 Å². The first-order chi connectivity index (χ1) is 10.2. The molecule has 0 saturated carbocycles. The predicted octanol–water partition coefficient (Wildman–Crippen LogP) is 2.50. The Kier molecular flexibility index (Phi) is 3.96. The maximum atomic E-state index is 13.7. The van der Waals surface area contributed by atoms with Gasteiger partial charge in [-0.2, -0.15) is 0 Å². The summed E-state index contributed by atoms with van der Waals surface area (Å²) in [6, 6.07) is 8.37. The fourth-order valence-electron chi connectivity index (χ4n) is 2.27. The molecule has 0 atom stereocenters. The van der Waals surface area contributed by atoms with Crippen molar-refractivity contribution < 1.29 is 9.13 Å². The van der Waals surface area contributed by atoms with Gasteiger partial charge in [0, 0.05) is 19.2 Å². The van der Waals surface area contributed by atoms with E-state index in [0.29, 0.717) is 30.5 Å². The van der Waals surface area contributed by atoms with Crippen LogP contribution in [-0.4, -0.2) is 36.3 Å². The van der Waals surface area contributed by atoms with Gasteiger partial charge in [0.1, 0.15) is 23.3 Å². The minimum Gasteiger partial charge on any atom is -0.378 e. The first-order valence-corrected chi connectivity index (χ1v) is 6.92. The Balaban J connectivity index is 1.85. The summed E-state index contributed by atoms with van der Waals surface area (Å²) in [5.41, 5.74) is 0.406. The fraction of sp³-hybridized carbons (Fsp3) is 0.333. The number of benzene rings is 1. The van der Waals surface area contributed by atoms with E-state index < -0.39 is 0 Å². The highest BCUT2D eigenvalue weighted by molar-refractivity contribution is 5.60. The number of hydrogen-bond acceptors (Lipinski definition) is 5. The molecule has 1 aromatic carbocycles. The lowest BCUT2D eigenvalue weighted by molar-refractivity contribution is 0.122. The van der Waals surface area contributed by atoms with Gasteiger partial charge >= 0.3 is 0 Å².